The largest absolute Gasteiger partial charge is 0.489 e. The van der Waals surface area contributed by atoms with Crippen LogP contribution in [0.1, 0.15) is 39.3 Å². The lowest BCUT2D eigenvalue weighted by Gasteiger charge is -2.15. The van der Waals surface area contributed by atoms with Gasteiger partial charge >= 0.3 is 0 Å². The molecule has 0 saturated heterocycles. The van der Waals surface area contributed by atoms with Gasteiger partial charge in [0.15, 0.2) is 17.3 Å². The number of furan rings is 1. The Morgan fingerprint density at radius 1 is 1.05 bits per heavy atom. The van der Waals surface area contributed by atoms with Crippen LogP contribution in [0.3, 0.4) is 0 Å². The predicted octanol–water partition coefficient (Wildman–Crippen LogP) is 3.53. The smallest absolute Gasteiger partial charge is 0.198 e. The summed E-state index contributed by atoms with van der Waals surface area (Å²) < 4.78 is 10.5. The number of carbonyl (C=O) groups excluding carboxylic acids is 2. The van der Waals surface area contributed by atoms with Crippen LogP contribution in [0.2, 0.25) is 0 Å². The molecule has 0 unspecified atom stereocenters. The Morgan fingerprint density at radius 2 is 1.90 bits per heavy atom. The third-order valence-corrected chi connectivity index (χ3v) is 3.36. The predicted molar refractivity (Wildman–Crippen MR) is 77.6 cm³/mol. The summed E-state index contributed by atoms with van der Waals surface area (Å²) in [5, 5.41) is 0. The molecule has 2 heterocycles. The Kier molecular flexibility index (Phi) is 3.69. The number of Topliss-reactive ketones (excluding diaryl/α,β-unsaturated/α-hetero) is 2. The molecule has 0 saturated carbocycles. The number of hydrogen-bond acceptors (Lipinski definition) is 4. The third-order valence-electron chi connectivity index (χ3n) is 3.36. The molecule has 4 heteroatoms. The zero-order valence-corrected chi connectivity index (χ0v) is 11.4. The maximum atomic E-state index is 12.3. The Bertz CT molecular complexity index is 696. The van der Waals surface area contributed by atoms with Crippen LogP contribution in [-0.4, -0.2) is 18.2 Å². The molecule has 106 valence electrons. The summed E-state index contributed by atoms with van der Waals surface area (Å²) in [5.41, 5.74) is 1.38. The van der Waals surface area contributed by atoms with Gasteiger partial charge in [0.05, 0.1) is 6.26 Å². The number of fused-ring (bicyclic) bond motifs is 1. The minimum atomic E-state index is -0.162. The molecule has 0 bridgehead atoms. The molecule has 0 N–H and O–H groups in total. The van der Waals surface area contributed by atoms with Gasteiger partial charge in [-0.05, 0) is 24.3 Å². The molecule has 0 atom stereocenters. The summed E-state index contributed by atoms with van der Waals surface area (Å²) in [7, 11) is 0. The van der Waals surface area contributed by atoms with Crippen LogP contribution in [0, 0.1) is 0 Å². The van der Waals surface area contributed by atoms with Gasteiger partial charge in [0.25, 0.3) is 0 Å². The van der Waals surface area contributed by atoms with Crippen LogP contribution in [-0.2, 0) is 0 Å². The van der Waals surface area contributed by atoms with Crippen molar-refractivity contribution in [2.45, 2.75) is 12.8 Å². The molecule has 1 aliphatic rings. The van der Waals surface area contributed by atoms with E-state index in [-0.39, 0.29) is 24.4 Å². The fourth-order valence-corrected chi connectivity index (χ4v) is 2.31. The molecule has 1 aromatic heterocycles. The molecule has 21 heavy (non-hydrogen) atoms. The maximum Gasteiger partial charge on any atom is 0.198 e. The highest BCUT2D eigenvalue weighted by Gasteiger charge is 2.17. The highest BCUT2D eigenvalue weighted by atomic mass is 16.5. The number of ketones is 2. The molecule has 0 spiro atoms. The van der Waals surface area contributed by atoms with Gasteiger partial charge in [-0.15, -0.1) is 0 Å². The number of benzene rings is 1. The van der Waals surface area contributed by atoms with Crippen molar-refractivity contribution in [2.24, 2.45) is 0 Å². The minimum absolute atomic E-state index is 0.0677. The van der Waals surface area contributed by atoms with E-state index in [9.17, 15) is 9.59 Å². The average Bonchev–Trinajstić information content (AvgIpc) is 3.06. The minimum Gasteiger partial charge on any atom is -0.489 e. The molecule has 3 rings (SSSR count). The summed E-state index contributed by atoms with van der Waals surface area (Å²) >= 11 is 0. The van der Waals surface area contributed by atoms with Gasteiger partial charge in [-0.25, -0.2) is 0 Å². The summed E-state index contributed by atoms with van der Waals surface area (Å²) in [6.45, 7) is 0.515. The van der Waals surface area contributed by atoms with E-state index in [4.69, 9.17) is 9.15 Å². The standard InChI is InChI=1S/C17H14O4/c18-14(8-9-15(19)17-7-3-11-21-17)12-4-1-6-16-13(12)5-2-10-20-16/h1-7,11H,8-10H2. The van der Waals surface area contributed by atoms with Gasteiger partial charge in [-0.1, -0.05) is 18.2 Å². The Balaban J connectivity index is 1.72. The van der Waals surface area contributed by atoms with E-state index in [1.807, 2.05) is 18.2 Å². The van der Waals surface area contributed by atoms with Crippen LogP contribution in [0.4, 0.5) is 0 Å². The van der Waals surface area contributed by atoms with Gasteiger partial charge in [0.2, 0.25) is 0 Å². The van der Waals surface area contributed by atoms with Crippen molar-refractivity contribution < 1.29 is 18.7 Å². The van der Waals surface area contributed by atoms with Crippen molar-refractivity contribution in [1.82, 2.24) is 0 Å². The van der Waals surface area contributed by atoms with Crippen LogP contribution >= 0.6 is 0 Å². The van der Waals surface area contributed by atoms with Crippen LogP contribution < -0.4 is 4.74 Å². The quantitative estimate of drug-likeness (QED) is 0.787. The summed E-state index contributed by atoms with van der Waals surface area (Å²) in [6, 6.07) is 8.65. The van der Waals surface area contributed by atoms with E-state index in [0.717, 1.165) is 5.56 Å². The van der Waals surface area contributed by atoms with Crippen molar-refractivity contribution in [3.63, 3.8) is 0 Å². The zero-order valence-electron chi connectivity index (χ0n) is 11.4. The van der Waals surface area contributed by atoms with Gasteiger partial charge in [-0.2, -0.15) is 0 Å². The molecule has 1 aromatic carbocycles. The molecule has 0 radical (unpaired) electrons. The molecular formula is C17H14O4. The topological polar surface area (TPSA) is 56.5 Å². The van der Waals surface area contributed by atoms with Gasteiger partial charge < -0.3 is 9.15 Å². The summed E-state index contributed by atoms with van der Waals surface area (Å²) in [4.78, 5) is 24.2. The Labute approximate surface area is 122 Å². The Hall–Kier alpha value is -2.62. The number of hydrogen-bond donors (Lipinski definition) is 0. The van der Waals surface area contributed by atoms with E-state index in [1.54, 1.807) is 24.3 Å². The fourth-order valence-electron chi connectivity index (χ4n) is 2.31. The van der Waals surface area contributed by atoms with Crippen LogP contribution in [0.5, 0.6) is 5.75 Å². The van der Waals surface area contributed by atoms with E-state index in [1.165, 1.54) is 6.26 Å². The summed E-state index contributed by atoms with van der Waals surface area (Å²) in [5.74, 6) is 0.772. The van der Waals surface area contributed by atoms with Crippen LogP contribution in [0.15, 0.2) is 47.1 Å². The van der Waals surface area contributed by atoms with Crippen molar-refractivity contribution >= 4 is 17.6 Å². The second kappa shape index (κ2) is 5.79. The number of carbonyl (C=O) groups is 2. The molecule has 0 aliphatic carbocycles. The molecule has 1 aliphatic heterocycles. The summed E-state index contributed by atoms with van der Waals surface area (Å²) in [6.07, 6.45) is 5.50. The van der Waals surface area contributed by atoms with E-state index < -0.39 is 0 Å². The first-order valence-corrected chi connectivity index (χ1v) is 6.78. The second-order valence-electron chi connectivity index (χ2n) is 4.75. The maximum absolute atomic E-state index is 12.3. The number of rotatable bonds is 5. The molecule has 0 fully saturated rings. The first-order chi connectivity index (χ1) is 10.3. The lowest BCUT2D eigenvalue weighted by atomic mass is 9.97. The second-order valence-corrected chi connectivity index (χ2v) is 4.75. The first-order valence-electron chi connectivity index (χ1n) is 6.78. The first kappa shape index (κ1) is 13.4. The molecular weight excluding hydrogens is 268 g/mol. The zero-order chi connectivity index (χ0) is 14.7. The fraction of sp³-hybridized carbons (Fsp3) is 0.176. The Morgan fingerprint density at radius 3 is 2.71 bits per heavy atom. The molecule has 2 aromatic rings. The lowest BCUT2D eigenvalue weighted by molar-refractivity contribution is 0.0902. The van der Waals surface area contributed by atoms with Crippen molar-refractivity contribution in [2.75, 3.05) is 6.61 Å². The van der Waals surface area contributed by atoms with E-state index >= 15 is 0 Å². The highest BCUT2D eigenvalue weighted by molar-refractivity contribution is 6.03. The average molecular weight is 282 g/mol. The van der Waals surface area contributed by atoms with Crippen molar-refractivity contribution in [3.05, 3.63) is 59.6 Å². The monoisotopic (exact) mass is 282 g/mol. The van der Waals surface area contributed by atoms with Crippen molar-refractivity contribution in [1.29, 1.82) is 0 Å². The SMILES string of the molecule is O=C(CCC(=O)c1cccc2c1C=CCO2)c1ccco1. The lowest BCUT2D eigenvalue weighted by Crippen LogP contribution is -2.09. The molecule has 0 amide bonds. The number of ether oxygens (including phenoxy) is 1. The molecule has 4 nitrogen and oxygen atoms in total. The van der Waals surface area contributed by atoms with Gasteiger partial charge in [0, 0.05) is 24.0 Å². The third kappa shape index (κ3) is 2.79. The van der Waals surface area contributed by atoms with E-state index in [2.05, 4.69) is 0 Å². The van der Waals surface area contributed by atoms with E-state index in [0.29, 0.717) is 23.7 Å². The van der Waals surface area contributed by atoms with Crippen LogP contribution in [0.25, 0.3) is 6.08 Å². The highest BCUT2D eigenvalue weighted by Crippen LogP contribution is 2.28. The van der Waals surface area contributed by atoms with Gasteiger partial charge in [0.1, 0.15) is 12.4 Å². The van der Waals surface area contributed by atoms with Crippen molar-refractivity contribution in [3.8, 4) is 5.75 Å². The van der Waals surface area contributed by atoms with Gasteiger partial charge in [-0.3, -0.25) is 9.59 Å². The normalized spacial score (nSPS) is 12.6.